The van der Waals surface area contributed by atoms with Crippen molar-refractivity contribution in [3.05, 3.63) is 29.3 Å². The average molecular weight is 277 g/mol. The van der Waals surface area contributed by atoms with Crippen molar-refractivity contribution in [1.29, 1.82) is 0 Å². The molecular formula is C16H23NO3. The first-order chi connectivity index (χ1) is 9.70. The van der Waals surface area contributed by atoms with Crippen LogP contribution in [0.3, 0.4) is 0 Å². The maximum atomic E-state index is 10.7. The smallest absolute Gasteiger partial charge is 0.240 e. The Kier molecular flexibility index (Phi) is 5.41. The van der Waals surface area contributed by atoms with Crippen LogP contribution in [0, 0.1) is 0 Å². The van der Waals surface area contributed by atoms with Gasteiger partial charge in [0.25, 0.3) is 0 Å². The molecular weight excluding hydrogens is 254 g/mol. The molecule has 4 nitrogen and oxygen atoms in total. The number of hydrogen-bond donors (Lipinski definition) is 1. The molecule has 0 saturated heterocycles. The first kappa shape index (κ1) is 14.9. The lowest BCUT2D eigenvalue weighted by molar-refractivity contribution is -0.131. The zero-order valence-electron chi connectivity index (χ0n) is 12.3. The molecule has 110 valence electrons. The number of rotatable bonds is 6. The topological polar surface area (TPSA) is 47.6 Å². The number of benzene rings is 1. The van der Waals surface area contributed by atoms with Crippen molar-refractivity contribution in [1.82, 2.24) is 5.48 Å². The summed E-state index contributed by atoms with van der Waals surface area (Å²) in [4.78, 5) is 15.8. The molecule has 1 unspecified atom stereocenters. The summed E-state index contributed by atoms with van der Waals surface area (Å²) in [7, 11) is 1.71. The number of amides is 1. The summed E-state index contributed by atoms with van der Waals surface area (Å²) in [5.41, 5.74) is 5.24. The number of aryl methyl sites for hydroxylation is 1. The lowest BCUT2D eigenvalue weighted by Crippen LogP contribution is -2.21. The highest BCUT2D eigenvalue weighted by molar-refractivity contribution is 5.71. The van der Waals surface area contributed by atoms with Crippen molar-refractivity contribution in [3.8, 4) is 5.75 Å². The summed E-state index contributed by atoms with van der Waals surface area (Å²) in [6.07, 6.45) is 5.66. The lowest BCUT2D eigenvalue weighted by atomic mass is 9.80. The Bertz CT molecular complexity index is 459. The minimum atomic E-state index is -0.155. The number of ether oxygens (including phenoxy) is 1. The molecule has 0 spiro atoms. The third-order valence-electron chi connectivity index (χ3n) is 3.81. The number of methoxy groups -OCH3 is 1. The van der Waals surface area contributed by atoms with Gasteiger partial charge in [-0.05, 0) is 61.3 Å². The monoisotopic (exact) mass is 277 g/mol. The number of fused-ring (bicyclic) bond motifs is 1. The van der Waals surface area contributed by atoms with Crippen LogP contribution in [0.25, 0.3) is 0 Å². The molecule has 1 N–H and O–H groups in total. The molecule has 1 aliphatic carbocycles. The Morgan fingerprint density at radius 2 is 2.30 bits per heavy atom. The summed E-state index contributed by atoms with van der Waals surface area (Å²) in [5.74, 6) is 1.36. The standard InChI is InChI=1S/C16H23NO3/c1-12(18)17-20-10-4-7-13-5-3-6-14-8-9-15(19-2)11-16(13)14/h8-9,11,13H,3-7,10H2,1-2H3,(H,17,18). The van der Waals surface area contributed by atoms with Crippen LogP contribution in [0.5, 0.6) is 5.75 Å². The molecule has 20 heavy (non-hydrogen) atoms. The lowest BCUT2D eigenvalue weighted by Gasteiger charge is -2.26. The van der Waals surface area contributed by atoms with Gasteiger partial charge in [0.05, 0.1) is 13.7 Å². The normalized spacial score (nSPS) is 17.4. The van der Waals surface area contributed by atoms with E-state index >= 15 is 0 Å². The molecule has 2 rings (SSSR count). The zero-order chi connectivity index (χ0) is 14.4. The van der Waals surface area contributed by atoms with Gasteiger partial charge in [0, 0.05) is 6.92 Å². The first-order valence-corrected chi connectivity index (χ1v) is 7.26. The van der Waals surface area contributed by atoms with E-state index in [9.17, 15) is 4.79 Å². The predicted octanol–water partition coefficient (Wildman–Crippen LogP) is 2.96. The molecule has 0 aromatic heterocycles. The van der Waals surface area contributed by atoms with Gasteiger partial charge in [-0.25, -0.2) is 5.48 Å². The fraction of sp³-hybridized carbons (Fsp3) is 0.562. The summed E-state index contributed by atoms with van der Waals surface area (Å²) in [5, 5.41) is 0. The molecule has 0 bridgehead atoms. The molecule has 1 amide bonds. The van der Waals surface area contributed by atoms with E-state index in [0.29, 0.717) is 12.5 Å². The largest absolute Gasteiger partial charge is 0.497 e. The van der Waals surface area contributed by atoms with Crippen LogP contribution >= 0.6 is 0 Å². The second-order valence-electron chi connectivity index (χ2n) is 5.30. The maximum Gasteiger partial charge on any atom is 0.240 e. The van der Waals surface area contributed by atoms with E-state index in [4.69, 9.17) is 9.57 Å². The van der Waals surface area contributed by atoms with E-state index < -0.39 is 0 Å². The molecule has 1 aromatic carbocycles. The van der Waals surface area contributed by atoms with Crippen molar-refractivity contribution >= 4 is 5.91 Å². The molecule has 4 heteroatoms. The second kappa shape index (κ2) is 7.29. The summed E-state index contributed by atoms with van der Waals surface area (Å²) in [6, 6.07) is 6.41. The van der Waals surface area contributed by atoms with Gasteiger partial charge in [-0.2, -0.15) is 0 Å². The minimum absolute atomic E-state index is 0.155. The van der Waals surface area contributed by atoms with Gasteiger partial charge in [-0.1, -0.05) is 6.07 Å². The van der Waals surface area contributed by atoms with E-state index in [1.807, 2.05) is 6.07 Å². The van der Waals surface area contributed by atoms with E-state index in [0.717, 1.165) is 25.0 Å². The quantitative estimate of drug-likeness (QED) is 0.642. The molecule has 0 heterocycles. The highest BCUT2D eigenvalue weighted by Gasteiger charge is 2.20. The number of hydrogen-bond acceptors (Lipinski definition) is 3. The first-order valence-electron chi connectivity index (χ1n) is 7.26. The fourth-order valence-electron chi connectivity index (χ4n) is 2.86. The third kappa shape index (κ3) is 3.97. The average Bonchev–Trinajstić information content (AvgIpc) is 2.46. The van der Waals surface area contributed by atoms with Crippen molar-refractivity contribution < 1.29 is 14.4 Å². The van der Waals surface area contributed by atoms with Crippen LogP contribution in [0.1, 0.15) is 49.7 Å². The summed E-state index contributed by atoms with van der Waals surface area (Å²) < 4.78 is 5.33. The van der Waals surface area contributed by atoms with Crippen LogP contribution in [0.2, 0.25) is 0 Å². The van der Waals surface area contributed by atoms with Crippen LogP contribution in [0.15, 0.2) is 18.2 Å². The number of nitrogens with one attached hydrogen (secondary N) is 1. The summed E-state index contributed by atoms with van der Waals surface area (Å²) in [6.45, 7) is 2.01. The van der Waals surface area contributed by atoms with Crippen LogP contribution in [-0.2, 0) is 16.1 Å². The minimum Gasteiger partial charge on any atom is -0.497 e. The van der Waals surface area contributed by atoms with Crippen molar-refractivity contribution in [2.45, 2.75) is 44.9 Å². The van der Waals surface area contributed by atoms with Crippen molar-refractivity contribution in [2.24, 2.45) is 0 Å². The zero-order valence-corrected chi connectivity index (χ0v) is 12.3. The van der Waals surface area contributed by atoms with Gasteiger partial charge in [-0.3, -0.25) is 9.63 Å². The SMILES string of the molecule is COc1ccc2c(c1)C(CCCONC(C)=O)CCC2. The molecule has 0 fully saturated rings. The van der Waals surface area contributed by atoms with Crippen molar-refractivity contribution in [3.63, 3.8) is 0 Å². The van der Waals surface area contributed by atoms with Gasteiger partial charge in [-0.15, -0.1) is 0 Å². The Morgan fingerprint density at radius 3 is 3.05 bits per heavy atom. The van der Waals surface area contributed by atoms with Gasteiger partial charge in [0.1, 0.15) is 5.75 Å². The van der Waals surface area contributed by atoms with E-state index in [1.165, 1.54) is 30.9 Å². The van der Waals surface area contributed by atoms with E-state index in [-0.39, 0.29) is 5.91 Å². The third-order valence-corrected chi connectivity index (χ3v) is 3.81. The second-order valence-corrected chi connectivity index (χ2v) is 5.30. The van der Waals surface area contributed by atoms with Crippen LogP contribution in [-0.4, -0.2) is 19.6 Å². The molecule has 1 aromatic rings. The highest BCUT2D eigenvalue weighted by Crippen LogP contribution is 2.36. The Hall–Kier alpha value is -1.55. The van der Waals surface area contributed by atoms with Gasteiger partial charge in [0.2, 0.25) is 5.91 Å². The molecule has 0 saturated carbocycles. The molecule has 1 atom stereocenters. The molecule has 0 radical (unpaired) electrons. The maximum absolute atomic E-state index is 10.7. The van der Waals surface area contributed by atoms with Gasteiger partial charge in [0.15, 0.2) is 0 Å². The Balaban J connectivity index is 1.89. The number of carbonyl (C=O) groups is 1. The molecule has 1 aliphatic rings. The summed E-state index contributed by atoms with van der Waals surface area (Å²) >= 11 is 0. The van der Waals surface area contributed by atoms with Crippen molar-refractivity contribution in [2.75, 3.05) is 13.7 Å². The highest BCUT2D eigenvalue weighted by atomic mass is 16.6. The number of hydroxylamine groups is 1. The van der Waals surface area contributed by atoms with Crippen LogP contribution < -0.4 is 10.2 Å². The van der Waals surface area contributed by atoms with E-state index in [2.05, 4.69) is 17.6 Å². The Morgan fingerprint density at radius 1 is 1.45 bits per heavy atom. The molecule has 0 aliphatic heterocycles. The fourth-order valence-corrected chi connectivity index (χ4v) is 2.86. The van der Waals surface area contributed by atoms with E-state index in [1.54, 1.807) is 7.11 Å². The Labute approximate surface area is 120 Å². The van der Waals surface area contributed by atoms with Gasteiger partial charge < -0.3 is 4.74 Å². The van der Waals surface area contributed by atoms with Gasteiger partial charge >= 0.3 is 0 Å². The predicted molar refractivity (Wildman–Crippen MR) is 77.7 cm³/mol. The van der Waals surface area contributed by atoms with Crippen LogP contribution in [0.4, 0.5) is 0 Å². The number of carbonyl (C=O) groups excluding carboxylic acids is 1.